The van der Waals surface area contributed by atoms with Crippen LogP contribution in [0.15, 0.2) is 65.6 Å². The van der Waals surface area contributed by atoms with Crippen LogP contribution in [0.4, 0.5) is 11.4 Å². The molecular formula is C23H24N2O5S. The van der Waals surface area contributed by atoms with Gasteiger partial charge in [0.05, 0.1) is 26.2 Å². The third kappa shape index (κ3) is 5.29. The minimum absolute atomic E-state index is 0.103. The first-order valence-electron chi connectivity index (χ1n) is 9.33. The van der Waals surface area contributed by atoms with Crippen molar-refractivity contribution in [3.63, 3.8) is 0 Å². The van der Waals surface area contributed by atoms with Crippen molar-refractivity contribution in [2.24, 2.45) is 0 Å². The number of benzene rings is 3. The van der Waals surface area contributed by atoms with Crippen molar-refractivity contribution in [2.45, 2.75) is 4.90 Å². The molecule has 7 nitrogen and oxygen atoms in total. The van der Waals surface area contributed by atoms with Crippen molar-refractivity contribution in [3.05, 3.63) is 71.8 Å². The molecule has 0 spiro atoms. The second kappa shape index (κ2) is 9.44. The van der Waals surface area contributed by atoms with Crippen LogP contribution in [0.5, 0.6) is 17.2 Å². The average Bonchev–Trinajstić information content (AvgIpc) is 2.76. The van der Waals surface area contributed by atoms with Gasteiger partial charge in [-0.05, 0) is 53.6 Å². The van der Waals surface area contributed by atoms with E-state index < -0.39 is 10.0 Å². The highest BCUT2D eigenvalue weighted by Gasteiger charge is 2.14. The first kappa shape index (κ1) is 22.0. The van der Waals surface area contributed by atoms with Gasteiger partial charge >= 0.3 is 0 Å². The predicted octanol–water partition coefficient (Wildman–Crippen LogP) is 4.27. The molecule has 0 radical (unpaired) electrons. The molecule has 0 fully saturated rings. The largest absolute Gasteiger partial charge is 0.493 e. The molecule has 0 heterocycles. The summed E-state index contributed by atoms with van der Waals surface area (Å²) >= 11 is 0. The Balaban J connectivity index is 1.85. The Kier molecular flexibility index (Phi) is 6.71. The Morgan fingerprint density at radius 1 is 0.806 bits per heavy atom. The minimum Gasteiger partial charge on any atom is -0.493 e. The van der Waals surface area contributed by atoms with Crippen molar-refractivity contribution >= 4 is 33.6 Å². The smallest absolute Gasteiger partial charge is 0.261 e. The molecule has 8 heteroatoms. The first-order valence-corrected chi connectivity index (χ1v) is 10.8. The van der Waals surface area contributed by atoms with Crippen LogP contribution in [0.2, 0.25) is 0 Å². The lowest BCUT2D eigenvalue weighted by Gasteiger charge is -2.13. The van der Waals surface area contributed by atoms with Crippen molar-refractivity contribution in [1.82, 2.24) is 0 Å². The maximum Gasteiger partial charge on any atom is 0.261 e. The zero-order chi connectivity index (χ0) is 22.4. The summed E-state index contributed by atoms with van der Waals surface area (Å²) < 4.78 is 43.9. The summed E-state index contributed by atoms with van der Waals surface area (Å²) in [7, 11) is 0.914. The van der Waals surface area contributed by atoms with Crippen LogP contribution in [-0.4, -0.2) is 29.7 Å². The fraction of sp³-hybridized carbons (Fsp3) is 0.130. The van der Waals surface area contributed by atoms with Gasteiger partial charge in [0.2, 0.25) is 5.75 Å². The number of sulfonamides is 1. The van der Waals surface area contributed by atoms with Crippen LogP contribution in [0.25, 0.3) is 12.2 Å². The molecule has 0 aliphatic carbocycles. The lowest BCUT2D eigenvalue weighted by atomic mass is 10.1. The van der Waals surface area contributed by atoms with E-state index in [-0.39, 0.29) is 4.90 Å². The standard InChI is InChI=1S/C23H24N2O5S/c1-28-21-13-17(14-22(29-2)23(21)30-3)11-10-16-6-4-8-19(12-16)25-31(26,27)20-9-5-7-18(24)15-20/h4-15,25H,24H2,1-3H3. The summed E-state index contributed by atoms with van der Waals surface area (Å²) in [5, 5.41) is 0. The summed E-state index contributed by atoms with van der Waals surface area (Å²) in [6.45, 7) is 0. The molecule has 0 aliphatic rings. The molecule has 31 heavy (non-hydrogen) atoms. The topological polar surface area (TPSA) is 99.9 Å². The normalized spacial score (nSPS) is 11.3. The lowest BCUT2D eigenvalue weighted by molar-refractivity contribution is 0.324. The number of hydrogen-bond acceptors (Lipinski definition) is 6. The van der Waals surface area contributed by atoms with Gasteiger partial charge in [0.1, 0.15) is 0 Å². The quantitative estimate of drug-likeness (QED) is 0.401. The van der Waals surface area contributed by atoms with E-state index in [2.05, 4.69) is 4.72 Å². The Labute approximate surface area is 182 Å². The SMILES string of the molecule is COc1cc(C=Cc2cccc(NS(=O)(=O)c3cccc(N)c3)c2)cc(OC)c1OC. The van der Waals surface area contributed by atoms with Crippen molar-refractivity contribution in [3.8, 4) is 17.2 Å². The van der Waals surface area contributed by atoms with Gasteiger partial charge in [-0.25, -0.2) is 8.42 Å². The van der Waals surface area contributed by atoms with E-state index in [1.807, 2.05) is 30.4 Å². The van der Waals surface area contributed by atoms with Crippen LogP contribution in [-0.2, 0) is 10.0 Å². The van der Waals surface area contributed by atoms with Gasteiger partial charge in [-0.2, -0.15) is 0 Å². The van der Waals surface area contributed by atoms with Crippen LogP contribution >= 0.6 is 0 Å². The third-order valence-electron chi connectivity index (χ3n) is 4.46. The van der Waals surface area contributed by atoms with E-state index in [1.165, 1.54) is 12.1 Å². The van der Waals surface area contributed by atoms with Crippen LogP contribution in [0.3, 0.4) is 0 Å². The molecule has 0 atom stereocenters. The molecule has 0 unspecified atom stereocenters. The van der Waals surface area contributed by atoms with Gasteiger partial charge in [-0.3, -0.25) is 4.72 Å². The van der Waals surface area contributed by atoms with E-state index in [1.54, 1.807) is 51.7 Å². The first-order chi connectivity index (χ1) is 14.9. The van der Waals surface area contributed by atoms with Gasteiger partial charge in [0.25, 0.3) is 10.0 Å². The van der Waals surface area contributed by atoms with E-state index in [0.717, 1.165) is 11.1 Å². The van der Waals surface area contributed by atoms with Crippen LogP contribution < -0.4 is 24.7 Å². The number of rotatable bonds is 8. The van der Waals surface area contributed by atoms with E-state index >= 15 is 0 Å². The zero-order valence-corrected chi connectivity index (χ0v) is 18.3. The lowest BCUT2D eigenvalue weighted by Crippen LogP contribution is -2.13. The van der Waals surface area contributed by atoms with Crippen molar-refractivity contribution in [1.29, 1.82) is 0 Å². The summed E-state index contributed by atoms with van der Waals surface area (Å²) in [5.41, 5.74) is 8.16. The Morgan fingerprint density at radius 2 is 1.45 bits per heavy atom. The fourth-order valence-electron chi connectivity index (χ4n) is 2.99. The molecule has 0 saturated heterocycles. The number of methoxy groups -OCH3 is 3. The second-order valence-electron chi connectivity index (χ2n) is 6.60. The Hall–Kier alpha value is -3.65. The van der Waals surface area contributed by atoms with Gasteiger partial charge in [0.15, 0.2) is 11.5 Å². The van der Waals surface area contributed by atoms with E-state index in [4.69, 9.17) is 19.9 Å². The molecule has 3 aromatic rings. The van der Waals surface area contributed by atoms with Crippen LogP contribution in [0.1, 0.15) is 11.1 Å². The van der Waals surface area contributed by atoms with Gasteiger partial charge < -0.3 is 19.9 Å². The maximum absolute atomic E-state index is 12.6. The molecule has 3 rings (SSSR count). The Morgan fingerprint density at radius 3 is 2.06 bits per heavy atom. The van der Waals surface area contributed by atoms with Gasteiger partial charge in [-0.15, -0.1) is 0 Å². The number of hydrogen-bond donors (Lipinski definition) is 2. The third-order valence-corrected chi connectivity index (χ3v) is 5.84. The molecule has 0 amide bonds. The maximum atomic E-state index is 12.6. The predicted molar refractivity (Wildman–Crippen MR) is 123 cm³/mol. The van der Waals surface area contributed by atoms with Crippen LogP contribution in [0, 0.1) is 0 Å². The van der Waals surface area contributed by atoms with E-state index in [0.29, 0.717) is 28.6 Å². The van der Waals surface area contributed by atoms with Gasteiger partial charge in [0, 0.05) is 11.4 Å². The second-order valence-corrected chi connectivity index (χ2v) is 8.28. The molecule has 0 aromatic heterocycles. The fourth-order valence-corrected chi connectivity index (χ4v) is 4.10. The molecule has 0 aliphatic heterocycles. The van der Waals surface area contributed by atoms with Crippen molar-refractivity contribution in [2.75, 3.05) is 31.8 Å². The monoisotopic (exact) mass is 440 g/mol. The summed E-state index contributed by atoms with van der Waals surface area (Å²) in [6.07, 6.45) is 3.73. The number of nitrogen functional groups attached to an aromatic ring is 1. The molecular weight excluding hydrogens is 416 g/mol. The zero-order valence-electron chi connectivity index (χ0n) is 17.5. The highest BCUT2D eigenvalue weighted by Crippen LogP contribution is 2.38. The number of anilines is 2. The van der Waals surface area contributed by atoms with Crippen molar-refractivity contribution < 1.29 is 22.6 Å². The van der Waals surface area contributed by atoms with Gasteiger partial charge in [-0.1, -0.05) is 30.4 Å². The molecule has 162 valence electrons. The average molecular weight is 441 g/mol. The number of ether oxygens (including phenoxy) is 3. The number of nitrogens with one attached hydrogen (secondary N) is 1. The highest BCUT2D eigenvalue weighted by atomic mass is 32.2. The molecule has 3 aromatic carbocycles. The molecule has 0 saturated carbocycles. The Bertz CT molecular complexity index is 1180. The minimum atomic E-state index is -3.75. The number of nitrogens with two attached hydrogens (primary N) is 1. The molecule has 0 bridgehead atoms. The molecule has 3 N–H and O–H groups in total. The summed E-state index contributed by atoms with van der Waals surface area (Å²) in [4.78, 5) is 0.103. The summed E-state index contributed by atoms with van der Waals surface area (Å²) in [6, 6.07) is 16.8. The highest BCUT2D eigenvalue weighted by molar-refractivity contribution is 7.92. The van der Waals surface area contributed by atoms with E-state index in [9.17, 15) is 8.42 Å². The summed E-state index contributed by atoms with van der Waals surface area (Å²) in [5.74, 6) is 1.61.